The first-order valence-electron chi connectivity index (χ1n) is 12.2. The van der Waals surface area contributed by atoms with Gasteiger partial charge in [-0.2, -0.15) is 0 Å². The topological polar surface area (TPSA) is 74.2 Å². The number of rotatable bonds is 8. The molecule has 1 aliphatic heterocycles. The number of carbonyl (C=O) groups excluding carboxylic acids is 1. The number of aliphatic hydroxyl groups is 1. The zero-order valence-electron chi connectivity index (χ0n) is 24.0. The Bertz CT molecular complexity index is 686. The zero-order valence-corrected chi connectivity index (χ0v) is 27.0. The SMILES string of the molecule is CC(C)(C)[Si](C)(C)O[C@H]1[C@@H]([C@H](CO)O[Si](C)(C)C(C)(C)C)OC(=O)[C@@H]1O[Si](C)(C)C(C)(C)C. The molecule has 33 heavy (non-hydrogen) atoms. The van der Waals surface area contributed by atoms with Crippen molar-refractivity contribution in [3.8, 4) is 0 Å². The lowest BCUT2D eigenvalue weighted by molar-refractivity contribution is -0.150. The van der Waals surface area contributed by atoms with E-state index in [-0.39, 0.29) is 21.7 Å². The van der Waals surface area contributed by atoms with Crippen LogP contribution < -0.4 is 0 Å². The van der Waals surface area contributed by atoms with Crippen molar-refractivity contribution in [3.05, 3.63) is 0 Å². The van der Waals surface area contributed by atoms with Crippen molar-refractivity contribution < 1.29 is 27.9 Å². The number of aliphatic hydroxyl groups excluding tert-OH is 1. The van der Waals surface area contributed by atoms with Crippen LogP contribution >= 0.6 is 0 Å². The first-order valence-corrected chi connectivity index (χ1v) is 21.0. The number of ether oxygens (including phenoxy) is 1. The molecule has 0 amide bonds. The van der Waals surface area contributed by atoms with E-state index in [1.807, 2.05) is 0 Å². The van der Waals surface area contributed by atoms with Crippen molar-refractivity contribution in [2.24, 2.45) is 0 Å². The lowest BCUT2D eigenvalue weighted by Crippen LogP contribution is -2.57. The second-order valence-corrected chi connectivity index (χ2v) is 28.4. The fourth-order valence-corrected chi connectivity index (χ4v) is 6.71. The van der Waals surface area contributed by atoms with Crippen LogP contribution in [0.25, 0.3) is 0 Å². The Hall–Kier alpha value is -0.0394. The predicted octanol–water partition coefficient (Wildman–Crippen LogP) is 6.08. The Balaban J connectivity index is 3.44. The molecule has 1 aliphatic rings. The summed E-state index contributed by atoms with van der Waals surface area (Å²) in [5.41, 5.74) is 0. The van der Waals surface area contributed by atoms with Gasteiger partial charge in [-0.3, -0.25) is 0 Å². The molecule has 4 atom stereocenters. The van der Waals surface area contributed by atoms with Gasteiger partial charge in [0.15, 0.2) is 37.2 Å². The van der Waals surface area contributed by atoms with Gasteiger partial charge in [0.05, 0.1) is 6.61 Å². The number of cyclic esters (lactones) is 1. The Morgan fingerprint density at radius 1 is 0.788 bits per heavy atom. The lowest BCUT2D eigenvalue weighted by Gasteiger charge is -2.44. The molecule has 1 saturated heterocycles. The summed E-state index contributed by atoms with van der Waals surface area (Å²) in [4.78, 5) is 13.2. The molecule has 0 spiro atoms. The molecule has 6 nitrogen and oxygen atoms in total. The van der Waals surface area contributed by atoms with Crippen LogP contribution in [0, 0.1) is 0 Å². The molecular formula is C24H52O6Si3. The van der Waals surface area contributed by atoms with Gasteiger partial charge in [0.1, 0.15) is 12.2 Å². The monoisotopic (exact) mass is 520 g/mol. The highest BCUT2D eigenvalue weighted by atomic mass is 28.4. The van der Waals surface area contributed by atoms with Gasteiger partial charge in [-0.15, -0.1) is 0 Å². The first-order chi connectivity index (χ1) is 14.4. The van der Waals surface area contributed by atoms with Crippen molar-refractivity contribution in [1.29, 1.82) is 0 Å². The van der Waals surface area contributed by atoms with Crippen LogP contribution in [0.1, 0.15) is 62.3 Å². The highest BCUT2D eigenvalue weighted by Gasteiger charge is 2.57. The van der Waals surface area contributed by atoms with E-state index in [4.69, 9.17) is 18.0 Å². The smallest absolute Gasteiger partial charge is 0.337 e. The molecule has 0 aromatic carbocycles. The highest BCUT2D eigenvalue weighted by Crippen LogP contribution is 2.44. The van der Waals surface area contributed by atoms with Gasteiger partial charge < -0.3 is 23.1 Å². The number of esters is 1. The first kappa shape index (κ1) is 31.0. The Morgan fingerprint density at radius 2 is 1.18 bits per heavy atom. The minimum Gasteiger partial charge on any atom is -0.455 e. The van der Waals surface area contributed by atoms with E-state index in [0.29, 0.717) is 0 Å². The third kappa shape index (κ3) is 7.01. The second-order valence-electron chi connectivity index (χ2n) is 14.1. The van der Waals surface area contributed by atoms with E-state index >= 15 is 0 Å². The van der Waals surface area contributed by atoms with Gasteiger partial charge in [0.2, 0.25) is 0 Å². The van der Waals surface area contributed by atoms with Gasteiger partial charge >= 0.3 is 5.97 Å². The number of hydrogen-bond acceptors (Lipinski definition) is 6. The van der Waals surface area contributed by atoms with Gasteiger partial charge in [0.25, 0.3) is 0 Å². The molecule has 0 radical (unpaired) electrons. The Kier molecular flexibility index (Phi) is 9.19. The molecule has 0 aliphatic carbocycles. The molecular weight excluding hydrogens is 469 g/mol. The minimum absolute atomic E-state index is 0.0458. The molecule has 0 bridgehead atoms. The minimum atomic E-state index is -2.29. The van der Waals surface area contributed by atoms with Crippen LogP contribution in [0.15, 0.2) is 0 Å². The standard InChI is InChI=1S/C24H52O6Si3/c1-22(2,3)31(10,11)28-17(16-25)18-19(29-32(12,13)23(4,5)6)20(21(26)27-18)30-33(14,15)24(7,8)9/h17-20,25H,16H2,1-15H3/t17-,18+,19-,20+/m0/s1. The normalized spacial score (nSPS) is 24.7. The van der Waals surface area contributed by atoms with Crippen molar-refractivity contribution in [1.82, 2.24) is 0 Å². The molecule has 1 fully saturated rings. The van der Waals surface area contributed by atoms with Crippen molar-refractivity contribution >= 4 is 30.9 Å². The fourth-order valence-electron chi connectivity index (χ4n) is 2.88. The molecule has 9 heteroatoms. The maximum absolute atomic E-state index is 13.2. The third-order valence-electron chi connectivity index (χ3n) is 8.37. The van der Waals surface area contributed by atoms with Gasteiger partial charge in [0, 0.05) is 0 Å². The van der Waals surface area contributed by atoms with Gasteiger partial charge in [-0.25, -0.2) is 4.79 Å². The quantitative estimate of drug-likeness (QED) is 0.309. The van der Waals surface area contributed by atoms with Crippen molar-refractivity contribution in [2.75, 3.05) is 6.61 Å². The summed E-state index contributed by atoms with van der Waals surface area (Å²) in [5, 5.41) is 10.2. The number of carbonyl (C=O) groups is 1. The summed E-state index contributed by atoms with van der Waals surface area (Å²) in [6, 6.07) is 0. The summed E-state index contributed by atoms with van der Waals surface area (Å²) >= 11 is 0. The summed E-state index contributed by atoms with van der Waals surface area (Å²) in [7, 11) is -6.80. The zero-order chi connectivity index (χ0) is 26.4. The van der Waals surface area contributed by atoms with E-state index in [1.165, 1.54) is 0 Å². The average molecular weight is 521 g/mol. The van der Waals surface area contributed by atoms with E-state index in [1.54, 1.807) is 0 Å². The summed E-state index contributed by atoms with van der Waals surface area (Å²) in [6.07, 6.45) is -2.80. The van der Waals surface area contributed by atoms with Crippen LogP contribution in [0.3, 0.4) is 0 Å². The Morgan fingerprint density at radius 3 is 1.55 bits per heavy atom. The molecule has 196 valence electrons. The fraction of sp³-hybridized carbons (Fsp3) is 0.958. The van der Waals surface area contributed by atoms with Crippen molar-refractivity contribution in [3.63, 3.8) is 0 Å². The highest BCUT2D eigenvalue weighted by molar-refractivity contribution is 6.75. The largest absolute Gasteiger partial charge is 0.455 e. The summed E-state index contributed by atoms with van der Waals surface area (Å²) in [5.74, 6) is -0.411. The molecule has 0 unspecified atom stereocenters. The summed E-state index contributed by atoms with van der Waals surface area (Å²) in [6.45, 7) is 32.1. The van der Waals surface area contributed by atoms with Crippen LogP contribution in [-0.2, 0) is 22.8 Å². The average Bonchev–Trinajstić information content (AvgIpc) is 2.85. The van der Waals surface area contributed by atoms with Crippen LogP contribution in [-0.4, -0.2) is 67.1 Å². The van der Waals surface area contributed by atoms with Crippen molar-refractivity contribution in [2.45, 2.75) is 141 Å². The van der Waals surface area contributed by atoms with E-state index in [9.17, 15) is 9.90 Å². The van der Waals surface area contributed by atoms with Crippen LogP contribution in [0.4, 0.5) is 0 Å². The molecule has 0 saturated carbocycles. The van der Waals surface area contributed by atoms with E-state index in [0.717, 1.165) is 0 Å². The van der Waals surface area contributed by atoms with E-state index < -0.39 is 55.3 Å². The van der Waals surface area contributed by atoms with Gasteiger partial charge in [-0.1, -0.05) is 62.3 Å². The van der Waals surface area contributed by atoms with Gasteiger partial charge in [-0.05, 0) is 54.4 Å². The van der Waals surface area contributed by atoms with E-state index in [2.05, 4.69) is 102 Å². The molecule has 1 N–H and O–H groups in total. The molecule has 0 aromatic heterocycles. The lowest BCUT2D eigenvalue weighted by atomic mass is 10.1. The second kappa shape index (κ2) is 9.78. The Labute approximate surface area is 206 Å². The van der Waals surface area contributed by atoms with Crippen LogP contribution in [0.2, 0.25) is 54.4 Å². The molecule has 1 rings (SSSR count). The number of hydrogen-bond donors (Lipinski definition) is 1. The third-order valence-corrected chi connectivity index (χ3v) is 21.8. The summed E-state index contributed by atoms with van der Waals surface area (Å²) < 4.78 is 25.9. The maximum Gasteiger partial charge on any atom is 0.337 e. The van der Waals surface area contributed by atoms with Crippen LogP contribution in [0.5, 0.6) is 0 Å². The molecule has 1 heterocycles. The molecule has 0 aromatic rings. The predicted molar refractivity (Wildman–Crippen MR) is 143 cm³/mol. The maximum atomic E-state index is 13.2.